The number of amidine groups is 1. The summed E-state index contributed by atoms with van der Waals surface area (Å²) in [7, 11) is 1.59. The summed E-state index contributed by atoms with van der Waals surface area (Å²) in [6, 6.07) is 22.7. The lowest BCUT2D eigenvalue weighted by Crippen LogP contribution is -2.33. The third-order valence-electron chi connectivity index (χ3n) is 4.41. The Balaban J connectivity index is 1.81. The highest BCUT2D eigenvalue weighted by atomic mass is 19.1. The van der Waals surface area contributed by atoms with Crippen LogP contribution in [0.5, 0.6) is 5.75 Å². The Bertz CT molecular complexity index is 1070. The first kappa shape index (κ1) is 17.7. The van der Waals surface area contributed by atoms with Gasteiger partial charge in [0.1, 0.15) is 17.3 Å². The number of para-hydroxylation sites is 1. The Morgan fingerprint density at radius 2 is 1.61 bits per heavy atom. The minimum absolute atomic E-state index is 0.243. The maximum atomic E-state index is 14.4. The van der Waals surface area contributed by atoms with Gasteiger partial charge >= 0.3 is 0 Å². The van der Waals surface area contributed by atoms with Crippen LogP contribution in [0.4, 0.5) is 10.1 Å². The number of ether oxygens (including phenoxy) is 1. The van der Waals surface area contributed by atoms with Gasteiger partial charge in [0.05, 0.1) is 18.4 Å². The van der Waals surface area contributed by atoms with Gasteiger partial charge in [0.25, 0.3) is 5.91 Å². The molecule has 0 fully saturated rings. The number of nitrogens with zero attached hydrogens (tertiary/aromatic N) is 2. The lowest BCUT2D eigenvalue weighted by Gasteiger charge is -2.18. The van der Waals surface area contributed by atoms with E-state index in [1.165, 1.54) is 11.0 Å². The van der Waals surface area contributed by atoms with Crippen molar-refractivity contribution in [2.24, 2.45) is 4.99 Å². The first-order chi connectivity index (χ1) is 13.7. The van der Waals surface area contributed by atoms with Crippen LogP contribution in [0.2, 0.25) is 0 Å². The van der Waals surface area contributed by atoms with Crippen LogP contribution >= 0.6 is 0 Å². The lowest BCUT2D eigenvalue weighted by molar-refractivity contribution is -0.113. The summed E-state index contributed by atoms with van der Waals surface area (Å²) < 4.78 is 19.6. The van der Waals surface area contributed by atoms with E-state index in [4.69, 9.17) is 4.74 Å². The van der Waals surface area contributed by atoms with Crippen molar-refractivity contribution in [3.05, 3.63) is 102 Å². The van der Waals surface area contributed by atoms with E-state index in [1.54, 1.807) is 43.5 Å². The Hall–Kier alpha value is -3.73. The van der Waals surface area contributed by atoms with Gasteiger partial charge in [-0.2, -0.15) is 0 Å². The van der Waals surface area contributed by atoms with Crippen molar-refractivity contribution < 1.29 is 13.9 Å². The SMILES string of the molecule is COc1ccc(/C=C2/N=C(c3ccccc3F)N(c3ccccc3)C2=O)cc1. The second-order valence-electron chi connectivity index (χ2n) is 6.19. The highest BCUT2D eigenvalue weighted by molar-refractivity contribution is 6.33. The maximum Gasteiger partial charge on any atom is 0.282 e. The van der Waals surface area contributed by atoms with Crippen LogP contribution in [0, 0.1) is 5.82 Å². The van der Waals surface area contributed by atoms with E-state index >= 15 is 0 Å². The number of anilines is 1. The number of aliphatic imine (C=N–C) groups is 1. The molecule has 0 N–H and O–H groups in total. The predicted molar refractivity (Wildman–Crippen MR) is 108 cm³/mol. The number of halogens is 1. The lowest BCUT2D eigenvalue weighted by atomic mass is 10.1. The van der Waals surface area contributed by atoms with Gasteiger partial charge in [0, 0.05) is 0 Å². The van der Waals surface area contributed by atoms with Crippen molar-refractivity contribution >= 4 is 23.5 Å². The molecule has 0 aliphatic carbocycles. The van der Waals surface area contributed by atoms with E-state index in [1.807, 2.05) is 42.5 Å². The quantitative estimate of drug-likeness (QED) is 0.625. The molecule has 28 heavy (non-hydrogen) atoms. The van der Waals surface area contributed by atoms with Crippen LogP contribution in [0.1, 0.15) is 11.1 Å². The number of hydrogen-bond acceptors (Lipinski definition) is 3. The standard InChI is InChI=1S/C23H17FN2O2/c1-28-18-13-11-16(12-14-18)15-21-23(27)26(17-7-3-2-4-8-17)22(25-21)19-9-5-6-10-20(19)24/h2-15H,1H3/b21-15+. The van der Waals surface area contributed by atoms with Crippen molar-refractivity contribution in [2.45, 2.75) is 0 Å². The number of amides is 1. The molecule has 5 heteroatoms. The monoisotopic (exact) mass is 372 g/mol. The van der Waals surface area contributed by atoms with Crippen molar-refractivity contribution in [2.75, 3.05) is 12.0 Å². The summed E-state index contributed by atoms with van der Waals surface area (Å²) in [6.45, 7) is 0. The smallest absolute Gasteiger partial charge is 0.282 e. The number of rotatable bonds is 4. The highest BCUT2D eigenvalue weighted by Crippen LogP contribution is 2.28. The van der Waals surface area contributed by atoms with Gasteiger partial charge in [0.2, 0.25) is 0 Å². The number of benzene rings is 3. The molecule has 1 heterocycles. The van der Waals surface area contributed by atoms with Gasteiger partial charge in [-0.1, -0.05) is 42.5 Å². The first-order valence-electron chi connectivity index (χ1n) is 8.76. The van der Waals surface area contributed by atoms with Crippen molar-refractivity contribution in [3.8, 4) is 5.75 Å². The Labute approximate surface area is 162 Å². The molecule has 0 spiro atoms. The second kappa shape index (κ2) is 7.48. The largest absolute Gasteiger partial charge is 0.497 e. The molecular formula is C23H17FN2O2. The molecule has 1 aliphatic rings. The molecule has 0 saturated heterocycles. The number of carbonyl (C=O) groups is 1. The van der Waals surface area contributed by atoms with E-state index in [-0.39, 0.29) is 23.0 Å². The van der Waals surface area contributed by atoms with Gasteiger partial charge < -0.3 is 4.74 Å². The summed E-state index contributed by atoms with van der Waals surface area (Å²) in [5.74, 6) is 0.261. The minimum Gasteiger partial charge on any atom is -0.497 e. The van der Waals surface area contributed by atoms with E-state index < -0.39 is 5.82 Å². The molecule has 138 valence electrons. The number of hydrogen-bond donors (Lipinski definition) is 0. The molecule has 1 aliphatic heterocycles. The minimum atomic E-state index is -0.430. The summed E-state index contributed by atoms with van der Waals surface area (Å²) in [4.78, 5) is 19.0. The van der Waals surface area contributed by atoms with Gasteiger partial charge in [0.15, 0.2) is 5.84 Å². The van der Waals surface area contributed by atoms with Crippen LogP contribution in [0.25, 0.3) is 6.08 Å². The fourth-order valence-corrected chi connectivity index (χ4v) is 3.01. The molecule has 0 saturated carbocycles. The Morgan fingerprint density at radius 3 is 2.29 bits per heavy atom. The first-order valence-corrected chi connectivity index (χ1v) is 8.76. The Kier molecular flexibility index (Phi) is 4.72. The van der Waals surface area contributed by atoms with Crippen LogP contribution in [0.15, 0.2) is 89.6 Å². The zero-order valence-electron chi connectivity index (χ0n) is 15.2. The van der Waals surface area contributed by atoms with Crippen LogP contribution in [-0.2, 0) is 4.79 Å². The molecular weight excluding hydrogens is 355 g/mol. The van der Waals surface area contributed by atoms with Gasteiger partial charge in [-0.05, 0) is 48.0 Å². The second-order valence-corrected chi connectivity index (χ2v) is 6.19. The van der Waals surface area contributed by atoms with Crippen LogP contribution in [0.3, 0.4) is 0 Å². The number of methoxy groups -OCH3 is 1. The number of carbonyl (C=O) groups excluding carboxylic acids is 1. The molecule has 0 radical (unpaired) electrons. The van der Waals surface area contributed by atoms with Gasteiger partial charge in [-0.3, -0.25) is 9.69 Å². The summed E-state index contributed by atoms with van der Waals surface area (Å²) in [6.07, 6.45) is 1.69. The highest BCUT2D eigenvalue weighted by Gasteiger charge is 2.33. The third kappa shape index (κ3) is 3.30. The molecule has 4 rings (SSSR count). The van der Waals surface area contributed by atoms with Crippen molar-refractivity contribution in [3.63, 3.8) is 0 Å². The van der Waals surface area contributed by atoms with Crippen molar-refractivity contribution in [1.82, 2.24) is 0 Å². The molecule has 3 aromatic rings. The molecule has 0 bridgehead atoms. The molecule has 0 atom stereocenters. The molecule has 1 amide bonds. The average molecular weight is 372 g/mol. The third-order valence-corrected chi connectivity index (χ3v) is 4.41. The Morgan fingerprint density at radius 1 is 0.929 bits per heavy atom. The van der Waals surface area contributed by atoms with E-state index in [9.17, 15) is 9.18 Å². The topological polar surface area (TPSA) is 41.9 Å². The van der Waals surface area contributed by atoms with Crippen molar-refractivity contribution in [1.29, 1.82) is 0 Å². The molecule has 4 nitrogen and oxygen atoms in total. The van der Waals surface area contributed by atoms with E-state index in [0.29, 0.717) is 5.69 Å². The van der Waals surface area contributed by atoms with E-state index in [0.717, 1.165) is 11.3 Å². The predicted octanol–water partition coefficient (Wildman–Crippen LogP) is 4.67. The van der Waals surface area contributed by atoms with Crippen LogP contribution in [-0.4, -0.2) is 18.9 Å². The fraction of sp³-hybridized carbons (Fsp3) is 0.0435. The molecule has 0 aromatic heterocycles. The molecule has 3 aromatic carbocycles. The fourth-order valence-electron chi connectivity index (χ4n) is 3.01. The normalized spacial score (nSPS) is 15.1. The average Bonchev–Trinajstić information content (AvgIpc) is 3.05. The zero-order chi connectivity index (χ0) is 19.5. The summed E-state index contributed by atoms with van der Waals surface area (Å²) in [5, 5.41) is 0. The summed E-state index contributed by atoms with van der Waals surface area (Å²) in [5.41, 5.74) is 1.95. The summed E-state index contributed by atoms with van der Waals surface area (Å²) >= 11 is 0. The molecule has 0 unspecified atom stereocenters. The zero-order valence-corrected chi connectivity index (χ0v) is 15.2. The maximum absolute atomic E-state index is 14.4. The van der Waals surface area contributed by atoms with E-state index in [2.05, 4.69) is 4.99 Å². The van der Waals surface area contributed by atoms with Gasteiger partial charge in [-0.25, -0.2) is 9.38 Å². The van der Waals surface area contributed by atoms with Crippen LogP contribution < -0.4 is 9.64 Å². The van der Waals surface area contributed by atoms with Gasteiger partial charge in [-0.15, -0.1) is 0 Å².